The summed E-state index contributed by atoms with van der Waals surface area (Å²) in [6.45, 7) is 0. The third kappa shape index (κ3) is 3.60. The van der Waals surface area contributed by atoms with E-state index in [4.69, 9.17) is 4.74 Å². The van der Waals surface area contributed by atoms with Crippen molar-refractivity contribution >= 4 is 44.1 Å². The van der Waals surface area contributed by atoms with Crippen LogP contribution in [0.25, 0.3) is 16.0 Å². The maximum atomic E-state index is 13.7. The van der Waals surface area contributed by atoms with E-state index in [-0.39, 0.29) is 16.3 Å². The smallest absolute Gasteiger partial charge is 0.301 e. The highest BCUT2D eigenvalue weighted by Crippen LogP contribution is 2.44. The van der Waals surface area contributed by atoms with E-state index in [1.807, 2.05) is 0 Å². The maximum absolute atomic E-state index is 13.7. The Morgan fingerprint density at radius 1 is 1.03 bits per heavy atom. The normalized spacial score (nSPS) is 17.5. The average Bonchev–Trinajstić information content (AvgIpc) is 3.37. The molecule has 1 aliphatic rings. The Morgan fingerprint density at radius 3 is 2.50 bits per heavy atom. The molecule has 5 rings (SSSR count). The number of ketones is 1. The van der Waals surface area contributed by atoms with E-state index in [1.165, 1.54) is 42.3 Å². The molecule has 1 saturated heterocycles. The predicted octanol–water partition coefficient (Wildman–Crippen LogP) is 5.21. The number of aliphatic hydroxyl groups excluding tert-OH is 1. The SMILES string of the molecule is COc1cccc([C@@H]2/C(=C(\O)c3ccc(F)cc3)C(=O)C(=O)N2c2nc3ccc(F)cc3s2)c1. The van der Waals surface area contributed by atoms with Crippen molar-refractivity contribution in [1.82, 2.24) is 4.98 Å². The van der Waals surface area contributed by atoms with Gasteiger partial charge in [-0.1, -0.05) is 23.5 Å². The van der Waals surface area contributed by atoms with E-state index in [2.05, 4.69) is 4.98 Å². The van der Waals surface area contributed by atoms with E-state index in [1.54, 1.807) is 24.3 Å². The summed E-state index contributed by atoms with van der Waals surface area (Å²) in [5.41, 5.74) is 0.966. The molecule has 0 radical (unpaired) electrons. The van der Waals surface area contributed by atoms with Crippen LogP contribution in [0.3, 0.4) is 0 Å². The van der Waals surface area contributed by atoms with Gasteiger partial charge in [-0.2, -0.15) is 0 Å². The van der Waals surface area contributed by atoms with Gasteiger partial charge < -0.3 is 9.84 Å². The molecule has 0 spiro atoms. The van der Waals surface area contributed by atoms with E-state index >= 15 is 0 Å². The zero-order chi connectivity index (χ0) is 24.0. The Labute approximate surface area is 196 Å². The lowest BCUT2D eigenvalue weighted by atomic mass is 9.95. The van der Waals surface area contributed by atoms with Gasteiger partial charge >= 0.3 is 5.91 Å². The minimum atomic E-state index is -1.04. The molecule has 4 aromatic rings. The number of halogens is 2. The molecule has 0 unspecified atom stereocenters. The average molecular weight is 478 g/mol. The molecule has 1 aliphatic heterocycles. The number of fused-ring (bicyclic) bond motifs is 1. The molecular weight excluding hydrogens is 462 g/mol. The summed E-state index contributed by atoms with van der Waals surface area (Å²) in [4.78, 5) is 32.0. The van der Waals surface area contributed by atoms with Gasteiger partial charge in [0.05, 0.1) is 28.9 Å². The van der Waals surface area contributed by atoms with Crippen LogP contribution in [0.15, 0.2) is 72.3 Å². The van der Waals surface area contributed by atoms with E-state index in [0.717, 1.165) is 23.5 Å². The summed E-state index contributed by atoms with van der Waals surface area (Å²) in [5.74, 6) is -2.73. The third-order valence-corrected chi connectivity index (χ3v) is 6.53. The minimum Gasteiger partial charge on any atom is -0.507 e. The first-order valence-corrected chi connectivity index (χ1v) is 11.0. The van der Waals surface area contributed by atoms with Gasteiger partial charge in [0.1, 0.15) is 23.1 Å². The molecule has 0 aliphatic carbocycles. The fourth-order valence-corrected chi connectivity index (χ4v) is 4.93. The van der Waals surface area contributed by atoms with Crippen molar-refractivity contribution in [2.75, 3.05) is 12.0 Å². The van der Waals surface area contributed by atoms with E-state index in [0.29, 0.717) is 21.5 Å². The second kappa shape index (κ2) is 8.35. The number of thiazole rings is 1. The van der Waals surface area contributed by atoms with Gasteiger partial charge in [-0.15, -0.1) is 0 Å². The second-order valence-electron chi connectivity index (χ2n) is 7.56. The number of anilines is 1. The first-order chi connectivity index (χ1) is 16.4. The van der Waals surface area contributed by atoms with Crippen LogP contribution in [0.2, 0.25) is 0 Å². The van der Waals surface area contributed by atoms with Crippen molar-refractivity contribution in [3.63, 3.8) is 0 Å². The Bertz CT molecular complexity index is 1480. The predicted molar refractivity (Wildman–Crippen MR) is 124 cm³/mol. The summed E-state index contributed by atoms with van der Waals surface area (Å²) in [7, 11) is 1.48. The Balaban J connectivity index is 1.74. The fraction of sp³-hybridized carbons (Fsp3) is 0.0800. The van der Waals surface area contributed by atoms with Crippen molar-refractivity contribution in [1.29, 1.82) is 0 Å². The first kappa shape index (κ1) is 21.7. The number of aromatic nitrogens is 1. The molecule has 3 aromatic carbocycles. The van der Waals surface area contributed by atoms with Gasteiger partial charge in [0.2, 0.25) is 0 Å². The van der Waals surface area contributed by atoms with Crippen LogP contribution in [0, 0.1) is 11.6 Å². The largest absolute Gasteiger partial charge is 0.507 e. The molecule has 34 heavy (non-hydrogen) atoms. The Kier molecular flexibility index (Phi) is 5.33. The molecule has 1 N–H and O–H groups in total. The zero-order valence-corrected chi connectivity index (χ0v) is 18.5. The summed E-state index contributed by atoms with van der Waals surface area (Å²) < 4.78 is 33.0. The molecule has 9 heteroatoms. The summed E-state index contributed by atoms with van der Waals surface area (Å²) in [6, 6.07) is 14.7. The second-order valence-corrected chi connectivity index (χ2v) is 8.57. The topological polar surface area (TPSA) is 79.7 Å². The summed E-state index contributed by atoms with van der Waals surface area (Å²) in [5, 5.41) is 11.2. The van der Waals surface area contributed by atoms with Crippen molar-refractivity contribution in [3.8, 4) is 5.75 Å². The van der Waals surface area contributed by atoms with Gasteiger partial charge in [-0.25, -0.2) is 13.8 Å². The number of nitrogens with zero attached hydrogens (tertiary/aromatic N) is 2. The minimum absolute atomic E-state index is 0.171. The number of carbonyl (C=O) groups is 2. The summed E-state index contributed by atoms with van der Waals surface area (Å²) in [6.07, 6.45) is 0. The molecule has 1 fully saturated rings. The number of Topliss-reactive ketones (excluding diaryl/α,β-unsaturated/α-hetero) is 1. The molecule has 0 saturated carbocycles. The Hall–Kier alpha value is -4.11. The maximum Gasteiger partial charge on any atom is 0.301 e. The van der Waals surface area contributed by atoms with Crippen molar-refractivity contribution in [3.05, 3.63) is 95.1 Å². The van der Waals surface area contributed by atoms with Crippen molar-refractivity contribution in [2.45, 2.75) is 6.04 Å². The van der Waals surface area contributed by atoms with Crippen LogP contribution in [0.4, 0.5) is 13.9 Å². The number of aliphatic hydroxyl groups is 1. The van der Waals surface area contributed by atoms with Crippen LogP contribution in [-0.2, 0) is 9.59 Å². The molecular formula is C25H16F2N2O4S. The van der Waals surface area contributed by atoms with E-state index < -0.39 is 35.1 Å². The van der Waals surface area contributed by atoms with Crippen LogP contribution in [0.1, 0.15) is 17.2 Å². The lowest BCUT2D eigenvalue weighted by molar-refractivity contribution is -0.132. The van der Waals surface area contributed by atoms with Crippen LogP contribution in [0.5, 0.6) is 5.75 Å². The van der Waals surface area contributed by atoms with Gasteiger partial charge in [-0.05, 0) is 60.2 Å². The number of hydrogen-bond acceptors (Lipinski definition) is 6. The third-order valence-electron chi connectivity index (χ3n) is 5.52. The molecule has 170 valence electrons. The fourth-order valence-electron chi connectivity index (χ4n) is 3.91. The molecule has 0 bridgehead atoms. The molecule has 1 atom stereocenters. The van der Waals surface area contributed by atoms with Crippen LogP contribution < -0.4 is 9.64 Å². The van der Waals surface area contributed by atoms with Gasteiger partial charge in [0, 0.05) is 5.56 Å². The molecule has 2 heterocycles. The quantitative estimate of drug-likeness (QED) is 0.248. The Morgan fingerprint density at radius 2 is 1.76 bits per heavy atom. The van der Waals surface area contributed by atoms with Crippen molar-refractivity contribution < 1.29 is 28.2 Å². The molecule has 1 aromatic heterocycles. The highest BCUT2D eigenvalue weighted by atomic mass is 32.1. The zero-order valence-electron chi connectivity index (χ0n) is 17.7. The van der Waals surface area contributed by atoms with Crippen LogP contribution in [-0.4, -0.2) is 28.9 Å². The number of hydrogen-bond donors (Lipinski definition) is 1. The highest BCUT2D eigenvalue weighted by Gasteiger charge is 2.48. The molecule has 1 amide bonds. The number of carbonyl (C=O) groups excluding carboxylic acids is 2. The van der Waals surface area contributed by atoms with Gasteiger partial charge in [-0.3, -0.25) is 14.5 Å². The molecule has 6 nitrogen and oxygen atoms in total. The van der Waals surface area contributed by atoms with Gasteiger partial charge in [0.25, 0.3) is 5.78 Å². The van der Waals surface area contributed by atoms with E-state index in [9.17, 15) is 23.5 Å². The van der Waals surface area contributed by atoms with Crippen molar-refractivity contribution in [2.24, 2.45) is 0 Å². The highest BCUT2D eigenvalue weighted by molar-refractivity contribution is 7.22. The van der Waals surface area contributed by atoms with Gasteiger partial charge in [0.15, 0.2) is 5.13 Å². The lowest BCUT2D eigenvalue weighted by Gasteiger charge is -2.23. The number of rotatable bonds is 4. The number of benzene rings is 3. The van der Waals surface area contributed by atoms with Crippen LogP contribution >= 0.6 is 11.3 Å². The number of methoxy groups -OCH3 is 1. The number of amides is 1. The monoisotopic (exact) mass is 478 g/mol. The number of ether oxygens (including phenoxy) is 1. The standard InChI is InChI=1S/C25H16F2N2O4S/c1-33-17-4-2-3-14(11-17)21-20(22(30)13-5-7-15(26)8-6-13)23(31)24(32)29(21)25-28-18-10-9-16(27)12-19(18)34-25/h2-12,21,30H,1H3/b22-20+/t21-/m1/s1. The first-order valence-electron chi connectivity index (χ1n) is 10.1. The lowest BCUT2D eigenvalue weighted by Crippen LogP contribution is -2.29. The summed E-state index contributed by atoms with van der Waals surface area (Å²) >= 11 is 1.05.